The Bertz CT molecular complexity index is 2050. The molecule has 5 aromatic carbocycles. The first-order valence-corrected chi connectivity index (χ1v) is 13.5. The Morgan fingerprint density at radius 3 is 1.64 bits per heavy atom. The first kappa shape index (κ1) is 23.3. The Balaban J connectivity index is 1.55. The molecule has 0 saturated carbocycles. The third kappa shape index (κ3) is 3.80. The molecule has 186 valence electrons. The molecule has 2 heterocycles. The molecule has 0 aliphatic carbocycles. The van der Waals surface area contributed by atoms with E-state index < -0.39 is 0 Å². The molecule has 0 aliphatic rings. The van der Waals surface area contributed by atoms with Gasteiger partial charge in [0.1, 0.15) is 0 Å². The van der Waals surface area contributed by atoms with Crippen molar-refractivity contribution in [3.8, 4) is 22.5 Å². The van der Waals surface area contributed by atoms with E-state index in [2.05, 4.69) is 158 Å². The van der Waals surface area contributed by atoms with Gasteiger partial charge in [-0.1, -0.05) is 66.7 Å². The molecule has 0 spiro atoms. The monoisotopic (exact) mass is 502 g/mol. The van der Waals surface area contributed by atoms with Crippen LogP contribution in [0.1, 0.15) is 16.7 Å². The topological polar surface area (TPSA) is 7.76 Å². The molecule has 0 radical (unpaired) electrons. The molecule has 7 aromatic rings. The van der Waals surface area contributed by atoms with Crippen LogP contribution in [0.25, 0.3) is 54.8 Å². The summed E-state index contributed by atoms with van der Waals surface area (Å²) in [5.74, 6) is 0. The third-order valence-corrected chi connectivity index (χ3v) is 7.95. The van der Waals surface area contributed by atoms with Crippen LogP contribution in [0.15, 0.2) is 128 Å². The Morgan fingerprint density at radius 2 is 0.949 bits per heavy atom. The van der Waals surface area contributed by atoms with Gasteiger partial charge in [0.25, 0.3) is 11.4 Å². The number of pyridine rings is 2. The molecule has 2 nitrogen and oxygen atoms in total. The fraction of sp³-hybridized carbons (Fsp3) is 0.0811. The minimum Gasteiger partial charge on any atom is -0.0620 e. The van der Waals surface area contributed by atoms with Gasteiger partial charge >= 0.3 is 0 Å². The number of nitrogens with zero attached hydrogens (tertiary/aromatic N) is 2. The molecular weight excluding hydrogens is 472 g/mol. The van der Waals surface area contributed by atoms with E-state index in [-0.39, 0.29) is 0 Å². The SMILES string of the molecule is Cc1cc[n+](-[n+]2ccccc2-c2ccccc2C)c(-c2cc3c4ccccc4c4ccccc4c3cc2C)c1. The van der Waals surface area contributed by atoms with Gasteiger partial charge in [0.15, 0.2) is 0 Å². The Hall–Kier alpha value is -4.82. The van der Waals surface area contributed by atoms with Gasteiger partial charge in [-0.3, -0.25) is 0 Å². The molecule has 0 unspecified atom stereocenters. The Morgan fingerprint density at radius 1 is 0.385 bits per heavy atom. The minimum absolute atomic E-state index is 1.15. The fourth-order valence-corrected chi connectivity index (χ4v) is 6.02. The van der Waals surface area contributed by atoms with Gasteiger partial charge in [-0.05, 0) is 94.0 Å². The summed E-state index contributed by atoms with van der Waals surface area (Å²) in [5.41, 5.74) is 8.53. The molecular formula is C37H30N2+2. The maximum atomic E-state index is 2.40. The zero-order chi connectivity index (χ0) is 26.5. The average Bonchev–Trinajstić information content (AvgIpc) is 2.97. The second-order valence-electron chi connectivity index (χ2n) is 10.5. The van der Waals surface area contributed by atoms with Gasteiger partial charge < -0.3 is 0 Å². The molecule has 0 aliphatic heterocycles. The summed E-state index contributed by atoms with van der Waals surface area (Å²) in [6, 6.07) is 41.9. The molecule has 7 rings (SSSR count). The maximum Gasteiger partial charge on any atom is 0.284 e. The Labute approximate surface area is 229 Å². The van der Waals surface area contributed by atoms with E-state index in [1.807, 2.05) is 0 Å². The number of fused-ring (bicyclic) bond motifs is 6. The van der Waals surface area contributed by atoms with Crippen molar-refractivity contribution < 1.29 is 9.35 Å². The summed E-state index contributed by atoms with van der Waals surface area (Å²) in [5, 5.41) is 7.79. The van der Waals surface area contributed by atoms with Crippen LogP contribution in [0.4, 0.5) is 0 Å². The van der Waals surface area contributed by atoms with E-state index in [1.54, 1.807) is 0 Å². The van der Waals surface area contributed by atoms with E-state index in [0.717, 1.165) is 11.4 Å². The van der Waals surface area contributed by atoms with Crippen LogP contribution in [-0.2, 0) is 0 Å². The van der Waals surface area contributed by atoms with Crippen molar-refractivity contribution in [1.82, 2.24) is 0 Å². The van der Waals surface area contributed by atoms with Gasteiger partial charge in [-0.25, -0.2) is 0 Å². The smallest absolute Gasteiger partial charge is 0.0620 e. The zero-order valence-electron chi connectivity index (χ0n) is 22.5. The highest BCUT2D eigenvalue weighted by Gasteiger charge is 2.28. The lowest BCUT2D eigenvalue weighted by Gasteiger charge is -2.13. The first-order chi connectivity index (χ1) is 19.1. The summed E-state index contributed by atoms with van der Waals surface area (Å²) in [6.07, 6.45) is 4.34. The predicted molar refractivity (Wildman–Crippen MR) is 162 cm³/mol. The van der Waals surface area contributed by atoms with Gasteiger partial charge in [-0.2, -0.15) is 0 Å². The van der Waals surface area contributed by atoms with E-state index >= 15 is 0 Å². The lowest BCUT2D eigenvalue weighted by atomic mass is 9.90. The molecule has 39 heavy (non-hydrogen) atoms. The number of aryl methyl sites for hydroxylation is 3. The van der Waals surface area contributed by atoms with Gasteiger partial charge in [0.05, 0.1) is 20.5 Å². The van der Waals surface area contributed by atoms with Crippen LogP contribution in [0.2, 0.25) is 0 Å². The first-order valence-electron chi connectivity index (χ1n) is 13.5. The van der Waals surface area contributed by atoms with E-state index in [1.165, 1.54) is 60.1 Å². The maximum absolute atomic E-state index is 2.40. The van der Waals surface area contributed by atoms with Crippen molar-refractivity contribution in [2.75, 3.05) is 0 Å². The summed E-state index contributed by atoms with van der Waals surface area (Å²) in [6.45, 7) is 6.59. The van der Waals surface area contributed by atoms with E-state index in [9.17, 15) is 0 Å². The molecule has 0 saturated heterocycles. The number of rotatable bonds is 3. The predicted octanol–water partition coefficient (Wildman–Crippen LogP) is 8.29. The average molecular weight is 503 g/mol. The number of aromatic nitrogens is 2. The Kier molecular flexibility index (Phi) is 5.49. The zero-order valence-corrected chi connectivity index (χ0v) is 22.5. The highest BCUT2D eigenvalue weighted by atomic mass is 15.4. The van der Waals surface area contributed by atoms with Crippen molar-refractivity contribution in [2.45, 2.75) is 20.8 Å². The van der Waals surface area contributed by atoms with Crippen LogP contribution in [-0.4, -0.2) is 0 Å². The minimum atomic E-state index is 1.15. The van der Waals surface area contributed by atoms with Crippen LogP contribution in [0, 0.1) is 20.8 Å². The van der Waals surface area contributed by atoms with Gasteiger partial charge in [0.2, 0.25) is 12.4 Å². The third-order valence-electron chi connectivity index (χ3n) is 7.95. The van der Waals surface area contributed by atoms with Crippen LogP contribution < -0.4 is 9.35 Å². The van der Waals surface area contributed by atoms with Crippen molar-refractivity contribution in [3.05, 3.63) is 144 Å². The quantitative estimate of drug-likeness (QED) is 0.170. The van der Waals surface area contributed by atoms with Crippen LogP contribution in [0.3, 0.4) is 0 Å². The molecule has 0 atom stereocenters. The highest BCUT2D eigenvalue weighted by Crippen LogP contribution is 2.38. The summed E-state index contributed by atoms with van der Waals surface area (Å²) in [7, 11) is 0. The summed E-state index contributed by atoms with van der Waals surface area (Å²) < 4.78 is 4.55. The van der Waals surface area contributed by atoms with Crippen LogP contribution >= 0.6 is 0 Å². The number of hydrogen-bond acceptors (Lipinski definition) is 0. The van der Waals surface area contributed by atoms with E-state index in [0.29, 0.717) is 0 Å². The lowest BCUT2D eigenvalue weighted by molar-refractivity contribution is -1.29. The molecule has 0 amide bonds. The number of hydrogen-bond donors (Lipinski definition) is 0. The molecule has 0 bridgehead atoms. The van der Waals surface area contributed by atoms with Gasteiger partial charge in [-0.15, -0.1) is 0 Å². The summed E-state index contributed by atoms with van der Waals surface area (Å²) in [4.78, 5) is 0. The van der Waals surface area contributed by atoms with Crippen LogP contribution in [0.5, 0.6) is 0 Å². The van der Waals surface area contributed by atoms with Crippen molar-refractivity contribution in [3.63, 3.8) is 0 Å². The van der Waals surface area contributed by atoms with Crippen molar-refractivity contribution >= 4 is 32.3 Å². The molecule has 2 aromatic heterocycles. The number of benzene rings is 5. The largest absolute Gasteiger partial charge is 0.284 e. The molecule has 0 N–H and O–H groups in total. The second-order valence-corrected chi connectivity index (χ2v) is 10.5. The molecule has 2 heteroatoms. The summed E-state index contributed by atoms with van der Waals surface area (Å²) >= 11 is 0. The van der Waals surface area contributed by atoms with E-state index in [4.69, 9.17) is 0 Å². The molecule has 0 fully saturated rings. The lowest BCUT2D eigenvalue weighted by Crippen LogP contribution is -2.68. The standard InChI is InChI=1S/C37H30N2/c1-25-19-21-39(38-20-11-10-18-36(38)28-13-5-4-12-26(28)2)37(22-25)33-24-35-32-17-9-7-15-30(32)29-14-6-8-16-31(29)34(35)23-27(33)3/h4-24H,1-3H3/q+2. The normalized spacial score (nSPS) is 11.5. The van der Waals surface area contributed by atoms with Gasteiger partial charge in [0, 0.05) is 24.3 Å². The fourth-order valence-electron chi connectivity index (χ4n) is 6.02. The van der Waals surface area contributed by atoms with Crippen molar-refractivity contribution in [1.29, 1.82) is 0 Å². The second kappa shape index (κ2) is 9.18. The highest BCUT2D eigenvalue weighted by molar-refractivity contribution is 6.25. The van der Waals surface area contributed by atoms with Crippen molar-refractivity contribution in [2.24, 2.45) is 0 Å².